The van der Waals surface area contributed by atoms with Gasteiger partial charge in [-0.15, -0.1) is 0 Å². The molecule has 1 fully saturated rings. The second-order valence-corrected chi connectivity index (χ2v) is 9.34. The van der Waals surface area contributed by atoms with Crippen LogP contribution >= 0.6 is 0 Å². The van der Waals surface area contributed by atoms with Gasteiger partial charge in [0.1, 0.15) is 5.49 Å². The molecule has 0 saturated carbocycles. The van der Waals surface area contributed by atoms with Crippen molar-refractivity contribution in [2.24, 2.45) is 4.99 Å². The summed E-state index contributed by atoms with van der Waals surface area (Å²) in [5.74, 6) is -0.302. The number of aromatic nitrogens is 1. The Morgan fingerprint density at radius 1 is 1.14 bits per heavy atom. The third kappa shape index (κ3) is 4.25. The van der Waals surface area contributed by atoms with Crippen molar-refractivity contribution in [3.8, 4) is 0 Å². The second kappa shape index (κ2) is 8.41. The van der Waals surface area contributed by atoms with E-state index in [0.717, 1.165) is 19.3 Å². The summed E-state index contributed by atoms with van der Waals surface area (Å²) in [6, 6.07) is 11.6. The summed E-state index contributed by atoms with van der Waals surface area (Å²) in [5, 5.41) is 0. The molecule has 1 unspecified atom stereocenters. The first kappa shape index (κ1) is 20.5. The average Bonchev–Trinajstić information content (AvgIpc) is 2.68. The highest BCUT2D eigenvalue weighted by Gasteiger charge is 2.31. The Hall–Kier alpha value is -2.25. The first-order chi connectivity index (χ1) is 13.3. The third-order valence-electron chi connectivity index (χ3n) is 4.88. The van der Waals surface area contributed by atoms with Gasteiger partial charge in [0.15, 0.2) is 0 Å². The number of benzene rings is 1. The topological polar surface area (TPSA) is 71.7 Å². The molecule has 1 aromatic carbocycles. The summed E-state index contributed by atoms with van der Waals surface area (Å²) in [4.78, 5) is 17.7. The average molecular weight is 402 g/mol. The molecule has 3 rings (SSSR count). The number of rotatable bonds is 4. The fraction of sp³-hybridized carbons (Fsp3) is 0.429. The van der Waals surface area contributed by atoms with E-state index in [4.69, 9.17) is 0 Å². The predicted molar refractivity (Wildman–Crippen MR) is 109 cm³/mol. The number of carbonyl (C=O) groups excluding carboxylic acids is 1. The molecular formula is C21H27N3O3S. The van der Waals surface area contributed by atoms with Crippen molar-refractivity contribution in [3.05, 3.63) is 59.7 Å². The summed E-state index contributed by atoms with van der Waals surface area (Å²) in [7, 11) is -3.63. The van der Waals surface area contributed by atoms with Crippen molar-refractivity contribution < 1.29 is 13.2 Å². The molecule has 7 heteroatoms. The van der Waals surface area contributed by atoms with E-state index in [1.807, 2.05) is 26.8 Å². The smallest absolute Gasteiger partial charge is 0.263 e. The Kier molecular flexibility index (Phi) is 6.15. The van der Waals surface area contributed by atoms with Gasteiger partial charge in [-0.2, -0.15) is 4.31 Å². The number of sulfonamides is 1. The summed E-state index contributed by atoms with van der Waals surface area (Å²) >= 11 is 0. The number of carbonyl (C=O) groups is 1. The van der Waals surface area contributed by atoms with E-state index in [1.165, 1.54) is 10.6 Å². The maximum absolute atomic E-state index is 13.1. The van der Waals surface area contributed by atoms with Crippen LogP contribution < -0.4 is 5.49 Å². The van der Waals surface area contributed by atoms with Gasteiger partial charge < -0.3 is 0 Å². The molecule has 6 nitrogen and oxygen atoms in total. The Morgan fingerprint density at radius 3 is 2.64 bits per heavy atom. The number of hydrogen-bond donors (Lipinski definition) is 0. The molecule has 0 amide bonds. The Labute approximate surface area is 166 Å². The van der Waals surface area contributed by atoms with Crippen molar-refractivity contribution in [2.75, 3.05) is 6.54 Å². The van der Waals surface area contributed by atoms with Crippen LogP contribution in [-0.4, -0.2) is 41.8 Å². The lowest BCUT2D eigenvalue weighted by Crippen LogP contribution is -2.42. The van der Waals surface area contributed by atoms with Crippen LogP contribution in [0.4, 0.5) is 0 Å². The number of hydrogen-bond acceptors (Lipinski definition) is 4. The fourth-order valence-corrected chi connectivity index (χ4v) is 5.21. The van der Waals surface area contributed by atoms with E-state index >= 15 is 0 Å². The van der Waals surface area contributed by atoms with E-state index in [9.17, 15) is 13.2 Å². The van der Waals surface area contributed by atoms with Crippen molar-refractivity contribution in [1.82, 2.24) is 8.87 Å². The first-order valence-corrected chi connectivity index (χ1v) is 11.1. The van der Waals surface area contributed by atoms with Gasteiger partial charge in [0.25, 0.3) is 5.91 Å². The summed E-state index contributed by atoms with van der Waals surface area (Å²) < 4.78 is 29.2. The summed E-state index contributed by atoms with van der Waals surface area (Å²) in [6.45, 7) is 6.33. The highest BCUT2D eigenvalue weighted by atomic mass is 32.2. The van der Waals surface area contributed by atoms with Gasteiger partial charge in [-0.3, -0.25) is 14.4 Å². The van der Waals surface area contributed by atoms with Crippen molar-refractivity contribution in [3.63, 3.8) is 0 Å². The number of pyridine rings is 1. The number of nitrogens with zero attached hydrogens (tertiary/aromatic N) is 3. The quantitative estimate of drug-likeness (QED) is 0.790. The molecule has 150 valence electrons. The molecule has 0 aliphatic carbocycles. The molecule has 2 aromatic rings. The summed E-state index contributed by atoms with van der Waals surface area (Å²) in [6.07, 6.45) is 4.41. The molecule has 2 heterocycles. The van der Waals surface area contributed by atoms with Crippen LogP contribution in [0.1, 0.15) is 50.4 Å². The lowest BCUT2D eigenvalue weighted by Gasteiger charge is -2.32. The van der Waals surface area contributed by atoms with Crippen LogP contribution in [0, 0.1) is 0 Å². The van der Waals surface area contributed by atoms with Crippen molar-refractivity contribution >= 4 is 15.9 Å². The van der Waals surface area contributed by atoms with E-state index in [-0.39, 0.29) is 22.9 Å². The molecule has 28 heavy (non-hydrogen) atoms. The SMILES string of the molecule is CC(C)N=c1ccccn1C(=O)c1cccc(S(=O)(=O)N2CCCCC2C)c1. The van der Waals surface area contributed by atoms with Gasteiger partial charge in [0.05, 0.1) is 4.90 Å². The lowest BCUT2D eigenvalue weighted by atomic mass is 10.1. The van der Waals surface area contributed by atoms with E-state index < -0.39 is 10.0 Å². The van der Waals surface area contributed by atoms with Crippen LogP contribution in [0.5, 0.6) is 0 Å². The molecule has 1 saturated heterocycles. The van der Waals surface area contributed by atoms with E-state index in [2.05, 4.69) is 4.99 Å². The zero-order valence-electron chi connectivity index (χ0n) is 16.6. The molecule has 1 aromatic heterocycles. The van der Waals surface area contributed by atoms with E-state index in [0.29, 0.717) is 17.6 Å². The molecule has 0 bridgehead atoms. The highest BCUT2D eigenvalue weighted by molar-refractivity contribution is 7.89. The fourth-order valence-electron chi connectivity index (χ4n) is 3.47. The van der Waals surface area contributed by atoms with Crippen LogP contribution in [-0.2, 0) is 10.0 Å². The molecule has 1 atom stereocenters. The molecule has 0 spiro atoms. The molecule has 0 radical (unpaired) electrons. The van der Waals surface area contributed by atoms with Gasteiger partial charge in [0, 0.05) is 30.4 Å². The van der Waals surface area contributed by atoms with Gasteiger partial charge in [-0.05, 0) is 63.9 Å². The molecule has 0 N–H and O–H groups in total. The third-order valence-corrected chi connectivity index (χ3v) is 6.89. The van der Waals surface area contributed by atoms with Gasteiger partial charge in [-0.1, -0.05) is 18.6 Å². The van der Waals surface area contributed by atoms with E-state index in [1.54, 1.807) is 40.8 Å². The Morgan fingerprint density at radius 2 is 1.93 bits per heavy atom. The first-order valence-electron chi connectivity index (χ1n) is 9.69. The lowest BCUT2D eigenvalue weighted by molar-refractivity contribution is 0.0954. The highest BCUT2D eigenvalue weighted by Crippen LogP contribution is 2.25. The summed E-state index contributed by atoms with van der Waals surface area (Å²) in [5.41, 5.74) is 0.863. The second-order valence-electron chi connectivity index (χ2n) is 7.45. The standard InChI is InChI=1S/C21H27N3O3S/c1-16(2)22-20-12-5-6-13-23(20)21(25)18-10-8-11-19(15-18)28(26,27)24-14-7-4-9-17(24)3/h5-6,8,10-13,15-17H,4,7,9,14H2,1-3H3. The maximum Gasteiger partial charge on any atom is 0.263 e. The monoisotopic (exact) mass is 401 g/mol. The minimum atomic E-state index is -3.63. The molecular weight excluding hydrogens is 374 g/mol. The van der Waals surface area contributed by atoms with Gasteiger partial charge in [0.2, 0.25) is 10.0 Å². The van der Waals surface area contributed by atoms with Crippen LogP contribution in [0.25, 0.3) is 0 Å². The predicted octanol–water partition coefficient (Wildman–Crippen LogP) is 3.05. The minimum Gasteiger partial charge on any atom is -0.268 e. The van der Waals surface area contributed by atoms with Gasteiger partial charge >= 0.3 is 0 Å². The number of piperidine rings is 1. The maximum atomic E-state index is 13.1. The zero-order chi connectivity index (χ0) is 20.3. The largest absolute Gasteiger partial charge is 0.268 e. The van der Waals surface area contributed by atoms with Crippen molar-refractivity contribution in [2.45, 2.75) is 57.0 Å². The minimum absolute atomic E-state index is 0.0296. The Bertz CT molecular complexity index is 1020. The van der Waals surface area contributed by atoms with Crippen LogP contribution in [0.15, 0.2) is 58.5 Å². The molecule has 1 aliphatic heterocycles. The van der Waals surface area contributed by atoms with Gasteiger partial charge in [-0.25, -0.2) is 8.42 Å². The van der Waals surface area contributed by atoms with Crippen molar-refractivity contribution in [1.29, 1.82) is 0 Å². The Balaban J connectivity index is 2.00. The zero-order valence-corrected chi connectivity index (χ0v) is 17.4. The normalized spacial score (nSPS) is 19.1. The van der Waals surface area contributed by atoms with Crippen LogP contribution in [0.3, 0.4) is 0 Å². The molecule has 1 aliphatic rings. The van der Waals surface area contributed by atoms with Crippen LogP contribution in [0.2, 0.25) is 0 Å².